The summed E-state index contributed by atoms with van der Waals surface area (Å²) in [7, 11) is 0. The maximum Gasteiger partial charge on any atom is 0.326 e. The van der Waals surface area contributed by atoms with E-state index >= 15 is 0 Å². The minimum Gasteiger partial charge on any atom is -0.508 e. The van der Waals surface area contributed by atoms with Crippen molar-refractivity contribution < 1.29 is 39.6 Å². The van der Waals surface area contributed by atoms with Gasteiger partial charge >= 0.3 is 5.97 Å². The minimum absolute atomic E-state index is 0.00715. The highest BCUT2D eigenvalue weighted by atomic mass is 16.4. The van der Waals surface area contributed by atoms with Crippen LogP contribution in [0, 0.1) is 0 Å². The number of phenols is 1. The van der Waals surface area contributed by atoms with Crippen molar-refractivity contribution in [1.82, 2.24) is 16.0 Å². The van der Waals surface area contributed by atoms with Crippen molar-refractivity contribution in [3.8, 4) is 5.75 Å². The summed E-state index contributed by atoms with van der Waals surface area (Å²) in [6, 6.07) is 0.416. The molecule has 4 atom stereocenters. The Labute approximate surface area is 172 Å². The summed E-state index contributed by atoms with van der Waals surface area (Å²) >= 11 is 0. The Kier molecular flexibility index (Phi) is 9.68. The molecule has 9 N–H and O–H groups in total. The number of aliphatic carboxylic acids is 1. The van der Waals surface area contributed by atoms with E-state index in [-0.39, 0.29) is 12.2 Å². The van der Waals surface area contributed by atoms with E-state index in [9.17, 15) is 39.6 Å². The number of aliphatic hydroxyl groups is 2. The van der Waals surface area contributed by atoms with Crippen LogP contribution in [0.15, 0.2) is 24.3 Å². The fourth-order valence-corrected chi connectivity index (χ4v) is 2.30. The van der Waals surface area contributed by atoms with E-state index in [1.165, 1.54) is 31.2 Å². The van der Waals surface area contributed by atoms with Crippen LogP contribution in [0.1, 0.15) is 12.5 Å². The van der Waals surface area contributed by atoms with E-state index in [0.717, 1.165) is 0 Å². The number of aromatic hydroxyl groups is 1. The molecule has 3 amide bonds. The van der Waals surface area contributed by atoms with Gasteiger partial charge in [-0.25, -0.2) is 4.79 Å². The maximum absolute atomic E-state index is 12.4. The lowest BCUT2D eigenvalue weighted by Crippen LogP contribution is -2.58. The average Bonchev–Trinajstić information content (AvgIpc) is 2.70. The molecule has 1 aromatic rings. The number of nitrogens with one attached hydrogen (secondary N) is 3. The third-order valence-corrected chi connectivity index (χ3v) is 4.04. The third kappa shape index (κ3) is 7.66. The average molecular weight is 426 g/mol. The molecule has 1 rings (SSSR count). The molecule has 12 nitrogen and oxygen atoms in total. The summed E-state index contributed by atoms with van der Waals surface area (Å²) < 4.78 is 0. The fraction of sp³-hybridized carbons (Fsp3) is 0.444. The number of hydrogen-bond acceptors (Lipinski definition) is 8. The number of benzene rings is 1. The molecule has 0 radical (unpaired) electrons. The first-order chi connectivity index (χ1) is 14.1. The molecule has 4 unspecified atom stereocenters. The Bertz CT molecular complexity index is 753. The van der Waals surface area contributed by atoms with Gasteiger partial charge in [-0.2, -0.15) is 0 Å². The number of carboxylic acid groups (broad SMARTS) is 1. The predicted molar refractivity (Wildman–Crippen MR) is 103 cm³/mol. The van der Waals surface area contributed by atoms with Gasteiger partial charge in [-0.15, -0.1) is 0 Å². The molecule has 0 saturated heterocycles. The second-order valence-corrected chi connectivity index (χ2v) is 6.55. The molecule has 166 valence electrons. The van der Waals surface area contributed by atoms with Crippen molar-refractivity contribution in [2.75, 3.05) is 13.2 Å². The molecule has 0 saturated carbocycles. The molecule has 0 bridgehead atoms. The van der Waals surface area contributed by atoms with Crippen LogP contribution in [-0.2, 0) is 25.6 Å². The number of amides is 3. The molecule has 0 spiro atoms. The SMILES string of the molecule is CC(N)C(=O)NC(CO)C(=O)NC(CO)C(=O)NC(Cc1ccc(O)cc1)C(=O)O. The Balaban J connectivity index is 2.78. The maximum atomic E-state index is 12.4. The number of aliphatic hydroxyl groups excluding tert-OH is 2. The number of hydrogen-bond donors (Lipinski definition) is 8. The number of rotatable bonds is 11. The van der Waals surface area contributed by atoms with E-state index in [1.807, 2.05) is 0 Å². The van der Waals surface area contributed by atoms with Crippen LogP contribution in [0.3, 0.4) is 0 Å². The van der Waals surface area contributed by atoms with Crippen LogP contribution in [0.5, 0.6) is 5.75 Å². The Morgan fingerprint density at radius 3 is 1.70 bits per heavy atom. The zero-order valence-electron chi connectivity index (χ0n) is 16.2. The highest BCUT2D eigenvalue weighted by Gasteiger charge is 2.29. The first kappa shape index (κ1) is 24.8. The Morgan fingerprint density at radius 1 is 0.867 bits per heavy atom. The Morgan fingerprint density at radius 2 is 1.30 bits per heavy atom. The van der Waals surface area contributed by atoms with E-state index in [2.05, 4.69) is 16.0 Å². The lowest BCUT2D eigenvalue weighted by Gasteiger charge is -2.23. The number of carbonyl (C=O) groups is 4. The molecule has 30 heavy (non-hydrogen) atoms. The second-order valence-electron chi connectivity index (χ2n) is 6.55. The van der Waals surface area contributed by atoms with Crippen LogP contribution >= 0.6 is 0 Å². The number of nitrogens with two attached hydrogens (primary N) is 1. The molecular weight excluding hydrogens is 400 g/mol. The summed E-state index contributed by atoms with van der Waals surface area (Å²) in [5.74, 6) is -4.02. The quantitative estimate of drug-likeness (QED) is 0.179. The monoisotopic (exact) mass is 426 g/mol. The van der Waals surface area contributed by atoms with Gasteiger partial charge in [0.05, 0.1) is 19.3 Å². The van der Waals surface area contributed by atoms with Crippen molar-refractivity contribution in [2.45, 2.75) is 37.5 Å². The van der Waals surface area contributed by atoms with Crippen molar-refractivity contribution >= 4 is 23.7 Å². The van der Waals surface area contributed by atoms with Gasteiger partial charge in [0.25, 0.3) is 0 Å². The van der Waals surface area contributed by atoms with E-state index in [4.69, 9.17) is 5.73 Å². The molecule has 1 aromatic carbocycles. The summed E-state index contributed by atoms with van der Waals surface area (Å²) in [5, 5.41) is 43.8. The number of carboxylic acids is 1. The first-order valence-electron chi connectivity index (χ1n) is 8.98. The minimum atomic E-state index is -1.53. The fourth-order valence-electron chi connectivity index (χ4n) is 2.30. The number of carbonyl (C=O) groups excluding carboxylic acids is 3. The Hall–Kier alpha value is -3.22. The molecule has 0 aliphatic rings. The zero-order chi connectivity index (χ0) is 22.8. The van der Waals surface area contributed by atoms with E-state index < -0.39 is 61.1 Å². The topological polar surface area (TPSA) is 211 Å². The summed E-state index contributed by atoms with van der Waals surface area (Å²) in [6.45, 7) is -0.281. The van der Waals surface area contributed by atoms with Gasteiger partial charge in [0.15, 0.2) is 0 Å². The van der Waals surface area contributed by atoms with Crippen LogP contribution in [-0.4, -0.2) is 81.5 Å². The molecular formula is C18H26N4O8. The molecule has 0 fully saturated rings. The van der Waals surface area contributed by atoms with Crippen LogP contribution in [0.2, 0.25) is 0 Å². The van der Waals surface area contributed by atoms with Crippen molar-refractivity contribution in [3.63, 3.8) is 0 Å². The lowest BCUT2D eigenvalue weighted by atomic mass is 10.1. The van der Waals surface area contributed by atoms with Gasteiger partial charge in [-0.1, -0.05) is 12.1 Å². The molecule has 0 aliphatic heterocycles. The molecule has 0 heterocycles. The lowest BCUT2D eigenvalue weighted by molar-refractivity contribution is -0.142. The highest BCUT2D eigenvalue weighted by Crippen LogP contribution is 2.11. The van der Waals surface area contributed by atoms with Gasteiger partial charge in [-0.3, -0.25) is 14.4 Å². The van der Waals surface area contributed by atoms with Gasteiger partial charge in [0.1, 0.15) is 23.9 Å². The number of phenolic OH excluding ortho intramolecular Hbond substituents is 1. The van der Waals surface area contributed by atoms with Crippen molar-refractivity contribution in [3.05, 3.63) is 29.8 Å². The van der Waals surface area contributed by atoms with Crippen LogP contribution in [0.4, 0.5) is 0 Å². The van der Waals surface area contributed by atoms with Gasteiger partial charge < -0.3 is 42.1 Å². The van der Waals surface area contributed by atoms with Gasteiger partial charge in [0.2, 0.25) is 17.7 Å². The zero-order valence-corrected chi connectivity index (χ0v) is 16.2. The summed E-state index contributed by atoms with van der Waals surface area (Å²) in [4.78, 5) is 47.6. The summed E-state index contributed by atoms with van der Waals surface area (Å²) in [6.07, 6.45) is -0.114. The smallest absolute Gasteiger partial charge is 0.326 e. The highest BCUT2D eigenvalue weighted by molar-refractivity contribution is 5.94. The van der Waals surface area contributed by atoms with Gasteiger partial charge in [-0.05, 0) is 24.6 Å². The van der Waals surface area contributed by atoms with Crippen LogP contribution < -0.4 is 21.7 Å². The standard InChI is InChI=1S/C18H26N4O8/c1-9(19)15(26)21-13(7-23)17(28)22-14(8-24)16(27)20-12(18(29)30)6-10-2-4-11(25)5-3-10/h2-5,9,12-14,23-25H,6-8,19H2,1H3,(H,20,27)(H,21,26)(H,22,28)(H,29,30). The van der Waals surface area contributed by atoms with Crippen LogP contribution in [0.25, 0.3) is 0 Å². The normalized spacial score (nSPS) is 14.7. The van der Waals surface area contributed by atoms with E-state index in [1.54, 1.807) is 0 Å². The molecule has 0 aliphatic carbocycles. The van der Waals surface area contributed by atoms with Crippen molar-refractivity contribution in [2.24, 2.45) is 5.73 Å². The predicted octanol–water partition coefficient (Wildman–Crippen LogP) is -3.19. The van der Waals surface area contributed by atoms with E-state index in [0.29, 0.717) is 5.56 Å². The molecule has 0 aromatic heterocycles. The van der Waals surface area contributed by atoms with Crippen molar-refractivity contribution in [1.29, 1.82) is 0 Å². The first-order valence-corrected chi connectivity index (χ1v) is 8.98. The second kappa shape index (κ2) is 11.7. The summed E-state index contributed by atoms with van der Waals surface area (Å²) in [5.41, 5.74) is 5.89. The third-order valence-electron chi connectivity index (χ3n) is 4.04. The van der Waals surface area contributed by atoms with Gasteiger partial charge in [0, 0.05) is 6.42 Å². The molecule has 12 heteroatoms. The largest absolute Gasteiger partial charge is 0.508 e.